The van der Waals surface area contributed by atoms with Gasteiger partial charge in [-0.15, -0.1) is 0 Å². The second kappa shape index (κ2) is 6.81. The smallest absolute Gasteiger partial charge is 0.327 e. The predicted octanol–water partition coefficient (Wildman–Crippen LogP) is 2.61. The van der Waals surface area contributed by atoms with Gasteiger partial charge in [-0.1, -0.05) is 54.3 Å². The van der Waals surface area contributed by atoms with Crippen molar-refractivity contribution in [2.75, 3.05) is 14.2 Å². The number of hydrogen-bond acceptors (Lipinski definition) is 5. The van der Waals surface area contributed by atoms with E-state index in [1.807, 2.05) is 54.6 Å². The molecular weight excluding hydrogens is 356 g/mol. The average molecular weight is 376 g/mol. The van der Waals surface area contributed by atoms with E-state index in [1.165, 1.54) is 14.2 Å². The number of hydrogen-bond donors (Lipinski definition) is 0. The number of rotatable bonds is 2. The Labute approximate surface area is 163 Å². The summed E-state index contributed by atoms with van der Waals surface area (Å²) in [6, 6.07) is 17.0. The largest absolute Gasteiger partial charge is 0.468 e. The summed E-state index contributed by atoms with van der Waals surface area (Å²) < 4.78 is 16.5. The van der Waals surface area contributed by atoms with Crippen molar-refractivity contribution in [2.24, 2.45) is 5.41 Å². The van der Waals surface area contributed by atoms with Gasteiger partial charge >= 0.3 is 11.9 Å². The number of benzene rings is 2. The lowest BCUT2D eigenvalue weighted by atomic mass is 9.68. The zero-order chi connectivity index (χ0) is 19.8. The van der Waals surface area contributed by atoms with Crippen LogP contribution in [0.1, 0.15) is 23.1 Å². The van der Waals surface area contributed by atoms with Crippen LogP contribution in [0.5, 0.6) is 0 Å². The number of carbonyl (C=O) groups excluding carboxylic acids is 2. The van der Waals surface area contributed by atoms with Gasteiger partial charge in [0.25, 0.3) is 0 Å². The highest BCUT2D eigenvalue weighted by Crippen LogP contribution is 2.58. The van der Waals surface area contributed by atoms with E-state index in [0.29, 0.717) is 12.0 Å². The van der Waals surface area contributed by atoms with Crippen LogP contribution in [0.25, 0.3) is 0 Å². The van der Waals surface area contributed by atoms with Crippen LogP contribution in [-0.4, -0.2) is 32.3 Å². The molecule has 2 aromatic carbocycles. The molecule has 0 aromatic heterocycles. The Kier molecular flexibility index (Phi) is 4.44. The number of methoxy groups -OCH3 is 2. The molecule has 5 heteroatoms. The van der Waals surface area contributed by atoms with Gasteiger partial charge in [-0.2, -0.15) is 0 Å². The monoisotopic (exact) mass is 376 g/mol. The molecule has 0 unspecified atom stereocenters. The van der Waals surface area contributed by atoms with Gasteiger partial charge < -0.3 is 14.2 Å². The number of fused-ring (bicyclic) bond motifs is 4. The molecule has 2 atom stereocenters. The van der Waals surface area contributed by atoms with Gasteiger partial charge in [-0.3, -0.25) is 9.59 Å². The molecule has 0 N–H and O–H groups in total. The summed E-state index contributed by atoms with van der Waals surface area (Å²) in [5.74, 6) is 4.86. The second-order valence-corrected chi connectivity index (χ2v) is 6.99. The van der Waals surface area contributed by atoms with Gasteiger partial charge in [-0.25, -0.2) is 0 Å². The van der Waals surface area contributed by atoms with E-state index in [9.17, 15) is 9.59 Å². The lowest BCUT2D eigenvalue weighted by molar-refractivity contribution is -0.180. The van der Waals surface area contributed by atoms with Crippen molar-refractivity contribution < 1.29 is 23.8 Å². The fraction of sp³-hybridized carbons (Fsp3) is 0.304. The van der Waals surface area contributed by atoms with E-state index in [-0.39, 0.29) is 12.5 Å². The third-order valence-electron chi connectivity index (χ3n) is 5.55. The van der Waals surface area contributed by atoms with Crippen molar-refractivity contribution in [3.05, 3.63) is 71.3 Å². The van der Waals surface area contributed by atoms with E-state index in [1.54, 1.807) is 0 Å². The maximum absolute atomic E-state index is 13.0. The standard InChI is InChI=1S/C23H20O5/c1-26-20(24)22(21(25)27-2)15-18-14-17-10-6-7-11-19(17)23(22,28-18)13-12-16-8-4-3-5-9-16/h3-11,18H,14-15H2,1-2H3/t18-,23+/m1/s1. The lowest BCUT2D eigenvalue weighted by Crippen LogP contribution is -2.54. The quantitative estimate of drug-likeness (QED) is 0.458. The molecule has 2 bridgehead atoms. The Balaban J connectivity index is 2.01. The molecule has 4 rings (SSSR count). The van der Waals surface area contributed by atoms with E-state index in [2.05, 4.69) is 11.8 Å². The van der Waals surface area contributed by atoms with E-state index >= 15 is 0 Å². The molecule has 142 valence electrons. The first-order valence-corrected chi connectivity index (χ1v) is 9.08. The molecule has 2 aliphatic rings. The van der Waals surface area contributed by atoms with E-state index in [4.69, 9.17) is 14.2 Å². The molecule has 0 spiro atoms. The van der Waals surface area contributed by atoms with Crippen LogP contribution < -0.4 is 0 Å². The topological polar surface area (TPSA) is 61.8 Å². The summed E-state index contributed by atoms with van der Waals surface area (Å²) in [6.45, 7) is 0. The Bertz CT molecular complexity index is 969. The molecule has 0 saturated carbocycles. The van der Waals surface area contributed by atoms with Gasteiger partial charge in [-0.05, 0) is 24.1 Å². The molecule has 2 aromatic rings. The van der Waals surface area contributed by atoms with Crippen molar-refractivity contribution in [1.82, 2.24) is 0 Å². The van der Waals surface area contributed by atoms with E-state index in [0.717, 1.165) is 11.1 Å². The molecule has 2 heterocycles. The number of esters is 2. The van der Waals surface area contributed by atoms with Crippen LogP contribution in [0.4, 0.5) is 0 Å². The Morgan fingerprint density at radius 2 is 1.64 bits per heavy atom. The third-order valence-corrected chi connectivity index (χ3v) is 5.55. The molecule has 0 radical (unpaired) electrons. The minimum absolute atomic E-state index is 0.157. The summed E-state index contributed by atoms with van der Waals surface area (Å²) in [4.78, 5) is 26.1. The Morgan fingerprint density at radius 1 is 1.00 bits per heavy atom. The van der Waals surface area contributed by atoms with Crippen molar-refractivity contribution >= 4 is 11.9 Å². The van der Waals surface area contributed by atoms with Gasteiger partial charge in [0, 0.05) is 17.5 Å². The summed E-state index contributed by atoms with van der Waals surface area (Å²) in [7, 11) is 2.53. The summed E-state index contributed by atoms with van der Waals surface area (Å²) >= 11 is 0. The van der Waals surface area contributed by atoms with Crippen molar-refractivity contribution in [3.63, 3.8) is 0 Å². The van der Waals surface area contributed by atoms with Crippen LogP contribution in [0.15, 0.2) is 54.6 Å². The first-order valence-electron chi connectivity index (χ1n) is 9.08. The molecule has 2 aliphatic heterocycles. The molecule has 5 nitrogen and oxygen atoms in total. The van der Waals surface area contributed by atoms with E-state index < -0.39 is 23.0 Å². The first-order chi connectivity index (χ1) is 13.6. The minimum atomic E-state index is -1.68. The Hall–Kier alpha value is -3.10. The highest BCUT2D eigenvalue weighted by molar-refractivity contribution is 6.03. The normalized spacial score (nSPS) is 23.7. The maximum Gasteiger partial charge on any atom is 0.327 e. The van der Waals surface area contributed by atoms with Gasteiger partial charge in [0.05, 0.1) is 20.3 Å². The Morgan fingerprint density at radius 3 is 2.32 bits per heavy atom. The van der Waals surface area contributed by atoms with Crippen LogP contribution in [0, 0.1) is 17.3 Å². The van der Waals surface area contributed by atoms with Crippen LogP contribution >= 0.6 is 0 Å². The van der Waals surface area contributed by atoms with Gasteiger partial charge in [0.15, 0.2) is 5.60 Å². The van der Waals surface area contributed by atoms with Gasteiger partial charge in [0.1, 0.15) is 0 Å². The molecule has 0 amide bonds. The number of ether oxygens (including phenoxy) is 3. The molecular formula is C23H20O5. The fourth-order valence-corrected chi connectivity index (χ4v) is 4.34. The van der Waals surface area contributed by atoms with Crippen LogP contribution in [-0.2, 0) is 35.8 Å². The number of carbonyl (C=O) groups is 2. The fourth-order valence-electron chi connectivity index (χ4n) is 4.34. The average Bonchev–Trinajstić information content (AvgIpc) is 3.02. The van der Waals surface area contributed by atoms with Crippen molar-refractivity contribution in [1.29, 1.82) is 0 Å². The van der Waals surface area contributed by atoms with Crippen molar-refractivity contribution in [2.45, 2.75) is 24.5 Å². The third kappa shape index (κ3) is 2.45. The zero-order valence-electron chi connectivity index (χ0n) is 15.7. The molecule has 0 aliphatic carbocycles. The SMILES string of the molecule is COC(=O)C1(C(=O)OC)C[C@H]2Cc3ccccc3[C@]1(C#Cc1ccccc1)O2. The minimum Gasteiger partial charge on any atom is -0.468 e. The second-order valence-electron chi connectivity index (χ2n) is 6.99. The summed E-state index contributed by atoms with van der Waals surface area (Å²) in [6.07, 6.45) is 0.420. The highest BCUT2D eigenvalue weighted by atomic mass is 16.6. The lowest BCUT2D eigenvalue weighted by Gasteiger charge is -2.39. The summed E-state index contributed by atoms with van der Waals surface area (Å²) in [5.41, 5.74) is -0.674. The van der Waals surface area contributed by atoms with Gasteiger partial charge in [0.2, 0.25) is 5.41 Å². The first kappa shape index (κ1) is 18.3. The maximum atomic E-state index is 13.0. The van der Waals surface area contributed by atoms with Crippen LogP contribution in [0.3, 0.4) is 0 Å². The molecule has 1 saturated heterocycles. The predicted molar refractivity (Wildman–Crippen MR) is 101 cm³/mol. The molecule has 1 fully saturated rings. The van der Waals surface area contributed by atoms with Crippen molar-refractivity contribution in [3.8, 4) is 11.8 Å². The summed E-state index contributed by atoms with van der Waals surface area (Å²) in [5, 5.41) is 0. The molecule has 28 heavy (non-hydrogen) atoms. The van der Waals surface area contributed by atoms with Crippen LogP contribution in [0.2, 0.25) is 0 Å². The zero-order valence-corrected chi connectivity index (χ0v) is 15.7. The highest BCUT2D eigenvalue weighted by Gasteiger charge is 2.72.